The largest absolute Gasteiger partial charge is 0.361 e. The summed E-state index contributed by atoms with van der Waals surface area (Å²) in [6.07, 6.45) is 1.95. The first-order chi connectivity index (χ1) is 16.8. The number of aromatic amines is 1. The quantitative estimate of drug-likeness (QED) is 0.285. The van der Waals surface area contributed by atoms with E-state index < -0.39 is 0 Å². The van der Waals surface area contributed by atoms with Gasteiger partial charge in [0.1, 0.15) is 0 Å². The second-order valence-corrected chi connectivity index (χ2v) is 9.08. The Morgan fingerprint density at radius 1 is 0.618 bits per heavy atom. The topological polar surface area (TPSA) is 41.6 Å². The first-order valence-corrected chi connectivity index (χ1v) is 12.0. The minimum absolute atomic E-state index is 0.791. The minimum Gasteiger partial charge on any atom is -0.361 e. The molecule has 0 fully saturated rings. The molecule has 0 saturated carbocycles. The van der Waals surface area contributed by atoms with E-state index in [9.17, 15) is 0 Å². The molecule has 34 heavy (non-hydrogen) atoms. The van der Waals surface area contributed by atoms with Crippen LogP contribution < -0.4 is 0 Å². The predicted octanol–water partition coefficient (Wildman–Crippen LogP) is 8.35. The molecule has 7 rings (SSSR count). The lowest BCUT2D eigenvalue weighted by molar-refractivity contribution is 1.24. The molecule has 4 aromatic carbocycles. The summed E-state index contributed by atoms with van der Waals surface area (Å²) in [5.74, 6) is 0.791. The van der Waals surface area contributed by atoms with E-state index >= 15 is 0 Å². The normalized spacial score (nSPS) is 10.9. The van der Waals surface area contributed by atoms with Crippen LogP contribution in [-0.4, -0.2) is 15.0 Å². The fourth-order valence-electron chi connectivity index (χ4n) is 4.09. The number of hydrogen-bond donors (Lipinski definition) is 1. The van der Waals surface area contributed by atoms with Gasteiger partial charge in [0.15, 0.2) is 5.82 Å². The first kappa shape index (κ1) is 20.3. The third-order valence-electron chi connectivity index (χ3n) is 5.76. The van der Waals surface area contributed by atoms with Gasteiger partial charge in [-0.2, -0.15) is 0 Å². The van der Waals surface area contributed by atoms with Crippen molar-refractivity contribution in [2.45, 2.75) is 0 Å². The predicted molar refractivity (Wildman–Crippen MR) is 144 cm³/mol. The fourth-order valence-corrected chi connectivity index (χ4v) is 5.09. The molecule has 0 aliphatic rings. The smallest absolute Gasteiger partial charge is 0.170 e. The fraction of sp³-hybridized carbons (Fsp3) is 0. The van der Waals surface area contributed by atoms with E-state index in [1.54, 1.807) is 11.3 Å². The van der Waals surface area contributed by atoms with Gasteiger partial charge in [0, 0.05) is 27.4 Å². The lowest BCUT2D eigenvalue weighted by Crippen LogP contribution is -1.93. The highest BCUT2D eigenvalue weighted by Gasteiger charge is 2.13. The maximum Gasteiger partial charge on any atom is 0.170 e. The average Bonchev–Trinajstić information content (AvgIpc) is 3.56. The van der Waals surface area contributed by atoms with Gasteiger partial charge >= 0.3 is 0 Å². The molecule has 3 aromatic heterocycles. The van der Waals surface area contributed by atoms with Gasteiger partial charge in [-0.25, -0.2) is 9.97 Å². The van der Waals surface area contributed by atoms with E-state index in [0.29, 0.717) is 0 Å². The molecule has 3 heterocycles. The maximum atomic E-state index is 4.94. The van der Waals surface area contributed by atoms with Crippen molar-refractivity contribution in [1.29, 1.82) is 0 Å². The zero-order chi connectivity index (χ0) is 22.7. The molecular formula is C30H21N3S. The molecule has 4 heteroatoms. The first-order valence-electron chi connectivity index (χ1n) is 11.2. The van der Waals surface area contributed by atoms with Gasteiger partial charge in [0.05, 0.1) is 16.1 Å². The van der Waals surface area contributed by atoms with Crippen molar-refractivity contribution in [3.8, 4) is 22.0 Å². The number of nitrogens with zero attached hydrogens (tertiary/aromatic N) is 2. The molecule has 162 valence electrons. The molecular weight excluding hydrogens is 434 g/mol. The number of benzene rings is 4. The summed E-state index contributed by atoms with van der Waals surface area (Å²) in [5.41, 5.74) is 4.28. The Kier molecular flexibility index (Phi) is 5.34. The number of hydrogen-bond acceptors (Lipinski definition) is 3. The SMILES string of the molecule is c1ccc(-c2nc(-c3cc4ccccc4s3)nc3ccccc23)cc1.c1ccc2[nH]ccc2c1. The van der Waals surface area contributed by atoms with Crippen molar-refractivity contribution in [3.05, 3.63) is 121 Å². The van der Waals surface area contributed by atoms with Crippen LogP contribution in [0, 0.1) is 0 Å². The van der Waals surface area contributed by atoms with E-state index in [1.165, 1.54) is 21.0 Å². The van der Waals surface area contributed by atoms with Gasteiger partial charge in [0.25, 0.3) is 0 Å². The summed E-state index contributed by atoms with van der Waals surface area (Å²) in [7, 11) is 0. The number of rotatable bonds is 2. The molecule has 0 aliphatic heterocycles. The van der Waals surface area contributed by atoms with E-state index in [-0.39, 0.29) is 0 Å². The van der Waals surface area contributed by atoms with Gasteiger partial charge < -0.3 is 4.98 Å². The van der Waals surface area contributed by atoms with Crippen LogP contribution >= 0.6 is 11.3 Å². The number of aromatic nitrogens is 3. The summed E-state index contributed by atoms with van der Waals surface area (Å²) in [6.45, 7) is 0. The van der Waals surface area contributed by atoms with Crippen LogP contribution in [0.4, 0.5) is 0 Å². The van der Waals surface area contributed by atoms with Crippen LogP contribution in [0.3, 0.4) is 0 Å². The van der Waals surface area contributed by atoms with Crippen molar-refractivity contribution in [1.82, 2.24) is 15.0 Å². The van der Waals surface area contributed by atoms with Crippen molar-refractivity contribution in [3.63, 3.8) is 0 Å². The standard InChI is InChI=1S/C22H14N2S.C8H7N/c1-2-8-15(9-3-1)21-17-11-5-6-12-18(17)23-22(24-21)20-14-16-10-4-7-13-19(16)25-20;1-2-4-8-7(3-1)5-6-9-8/h1-14H;1-6,9H. The minimum atomic E-state index is 0.791. The number of nitrogens with one attached hydrogen (secondary N) is 1. The lowest BCUT2D eigenvalue weighted by atomic mass is 10.1. The lowest BCUT2D eigenvalue weighted by Gasteiger charge is -2.08. The number of fused-ring (bicyclic) bond motifs is 3. The van der Waals surface area contributed by atoms with Crippen LogP contribution in [0.25, 0.3) is 53.9 Å². The summed E-state index contributed by atoms with van der Waals surface area (Å²) in [6, 6.07) is 39.4. The molecule has 0 amide bonds. The third-order valence-corrected chi connectivity index (χ3v) is 6.87. The Morgan fingerprint density at radius 3 is 2.21 bits per heavy atom. The molecule has 3 nitrogen and oxygen atoms in total. The number of thiophene rings is 1. The van der Waals surface area contributed by atoms with Gasteiger partial charge in [-0.05, 0) is 41.1 Å². The molecule has 0 atom stereocenters. The van der Waals surface area contributed by atoms with Crippen LogP contribution in [0.15, 0.2) is 121 Å². The molecule has 0 saturated heterocycles. The summed E-state index contributed by atoms with van der Waals surface area (Å²) < 4.78 is 1.26. The Bertz CT molecular complexity index is 1650. The van der Waals surface area contributed by atoms with Crippen molar-refractivity contribution >= 4 is 43.2 Å². The molecule has 7 aromatic rings. The zero-order valence-electron chi connectivity index (χ0n) is 18.3. The van der Waals surface area contributed by atoms with E-state index in [4.69, 9.17) is 9.97 Å². The van der Waals surface area contributed by atoms with Gasteiger partial charge in [0.2, 0.25) is 0 Å². The van der Waals surface area contributed by atoms with Gasteiger partial charge in [-0.15, -0.1) is 11.3 Å². The Balaban J connectivity index is 0.000000202. The van der Waals surface area contributed by atoms with E-state index in [1.807, 2.05) is 48.7 Å². The monoisotopic (exact) mass is 455 g/mol. The number of para-hydroxylation sites is 2. The van der Waals surface area contributed by atoms with Crippen LogP contribution in [0.5, 0.6) is 0 Å². The second kappa shape index (κ2) is 8.93. The molecule has 1 N–H and O–H groups in total. The molecule has 0 radical (unpaired) electrons. The van der Waals surface area contributed by atoms with Gasteiger partial charge in [-0.1, -0.05) is 84.9 Å². The van der Waals surface area contributed by atoms with Crippen LogP contribution in [-0.2, 0) is 0 Å². The van der Waals surface area contributed by atoms with Crippen molar-refractivity contribution < 1.29 is 0 Å². The Morgan fingerprint density at radius 2 is 1.35 bits per heavy atom. The van der Waals surface area contributed by atoms with Crippen molar-refractivity contribution in [2.24, 2.45) is 0 Å². The highest BCUT2D eigenvalue weighted by molar-refractivity contribution is 7.22. The summed E-state index contributed by atoms with van der Waals surface area (Å²) in [5, 5.41) is 3.59. The molecule has 0 unspecified atom stereocenters. The maximum absolute atomic E-state index is 4.94. The highest BCUT2D eigenvalue weighted by atomic mass is 32.1. The van der Waals surface area contributed by atoms with Crippen LogP contribution in [0.1, 0.15) is 0 Å². The Hall–Kier alpha value is -4.28. The van der Waals surface area contributed by atoms with Crippen LogP contribution in [0.2, 0.25) is 0 Å². The molecule has 0 spiro atoms. The van der Waals surface area contributed by atoms with Crippen molar-refractivity contribution in [2.75, 3.05) is 0 Å². The third kappa shape index (κ3) is 3.96. The Labute approximate surface area is 201 Å². The van der Waals surface area contributed by atoms with E-state index in [0.717, 1.165) is 32.9 Å². The second-order valence-electron chi connectivity index (χ2n) is 7.99. The summed E-state index contributed by atoms with van der Waals surface area (Å²) >= 11 is 1.74. The van der Waals surface area contributed by atoms with E-state index in [2.05, 4.69) is 77.8 Å². The highest BCUT2D eigenvalue weighted by Crippen LogP contribution is 2.34. The molecule has 0 bridgehead atoms. The summed E-state index contributed by atoms with van der Waals surface area (Å²) in [4.78, 5) is 14.0. The number of H-pyrrole nitrogens is 1. The molecule has 0 aliphatic carbocycles. The van der Waals surface area contributed by atoms with Gasteiger partial charge in [-0.3, -0.25) is 0 Å². The zero-order valence-corrected chi connectivity index (χ0v) is 19.2. The average molecular weight is 456 g/mol.